The molecule has 2 fully saturated rings. The van der Waals surface area contributed by atoms with Gasteiger partial charge in [-0.15, -0.1) is 0 Å². The van der Waals surface area contributed by atoms with Crippen LogP contribution in [-0.4, -0.2) is 41.7 Å². The van der Waals surface area contributed by atoms with Crippen LogP contribution in [0.5, 0.6) is 5.75 Å². The van der Waals surface area contributed by atoms with Crippen molar-refractivity contribution in [2.75, 3.05) is 19.6 Å². The fourth-order valence-electron chi connectivity index (χ4n) is 5.07. The van der Waals surface area contributed by atoms with Gasteiger partial charge in [0.2, 0.25) is 0 Å². The van der Waals surface area contributed by atoms with Gasteiger partial charge in [0.05, 0.1) is 6.10 Å². The Kier molecular flexibility index (Phi) is 7.61. The molecule has 1 heterocycles. The number of carboxylic acids is 1. The second kappa shape index (κ2) is 9.97. The lowest BCUT2D eigenvalue weighted by Crippen LogP contribution is -2.35. The Morgan fingerprint density at radius 3 is 2.62 bits per heavy atom. The highest BCUT2D eigenvalue weighted by Crippen LogP contribution is 2.39. The number of aliphatic carboxylic acids is 1. The average molecular weight is 402 g/mol. The van der Waals surface area contributed by atoms with Gasteiger partial charge < -0.3 is 14.7 Å². The predicted molar refractivity (Wildman–Crippen MR) is 118 cm³/mol. The van der Waals surface area contributed by atoms with Gasteiger partial charge in [-0.3, -0.25) is 4.79 Å². The number of benzene rings is 1. The summed E-state index contributed by atoms with van der Waals surface area (Å²) in [5.74, 6) is 1.65. The van der Waals surface area contributed by atoms with Gasteiger partial charge in [0.25, 0.3) is 0 Å². The van der Waals surface area contributed by atoms with Crippen molar-refractivity contribution in [3.05, 3.63) is 29.8 Å². The molecule has 0 aromatic heterocycles. The Morgan fingerprint density at radius 2 is 1.93 bits per heavy atom. The number of nitrogens with zero attached hydrogens (tertiary/aromatic N) is 1. The van der Waals surface area contributed by atoms with Gasteiger partial charge in [0.15, 0.2) is 0 Å². The van der Waals surface area contributed by atoms with E-state index in [0.29, 0.717) is 17.4 Å². The summed E-state index contributed by atoms with van der Waals surface area (Å²) in [6.45, 7) is 10.1. The topological polar surface area (TPSA) is 49.8 Å². The number of piperidine rings is 1. The first-order valence-corrected chi connectivity index (χ1v) is 11.5. The fourth-order valence-corrected chi connectivity index (χ4v) is 5.07. The summed E-state index contributed by atoms with van der Waals surface area (Å²) < 4.78 is 6.39. The molecule has 1 N–H and O–H groups in total. The molecular formula is C25H39NO3. The molecule has 1 aliphatic carbocycles. The predicted octanol–water partition coefficient (Wildman–Crippen LogP) is 5.71. The zero-order valence-electron chi connectivity index (χ0n) is 18.5. The van der Waals surface area contributed by atoms with Gasteiger partial charge in [-0.2, -0.15) is 0 Å². The number of hydrogen-bond acceptors (Lipinski definition) is 3. The molecule has 2 aliphatic rings. The summed E-state index contributed by atoms with van der Waals surface area (Å²) in [7, 11) is 0. The van der Waals surface area contributed by atoms with Crippen molar-refractivity contribution >= 4 is 5.97 Å². The first-order valence-electron chi connectivity index (χ1n) is 11.5. The van der Waals surface area contributed by atoms with E-state index in [0.717, 1.165) is 50.6 Å². The Bertz CT molecular complexity index is 658. The van der Waals surface area contributed by atoms with E-state index in [4.69, 9.17) is 9.84 Å². The molecule has 1 atom stereocenters. The molecule has 1 aromatic rings. The van der Waals surface area contributed by atoms with Gasteiger partial charge in [0.1, 0.15) is 5.75 Å². The molecule has 4 nitrogen and oxygen atoms in total. The van der Waals surface area contributed by atoms with Gasteiger partial charge >= 0.3 is 5.97 Å². The zero-order valence-corrected chi connectivity index (χ0v) is 18.5. The minimum Gasteiger partial charge on any atom is -0.490 e. The standard InChI is InChI=1S/C25H39NO3/c1-25(2,3)21-11-13-22(14-12-21)29-23-9-4-7-19(17-23)20-8-5-15-26(18-20)16-6-10-24(27)28/h4,7,9,17,20-22H,5-6,8,10-16,18H2,1-3H3,(H,27,28). The minimum atomic E-state index is -0.694. The first kappa shape index (κ1) is 22.1. The lowest BCUT2D eigenvalue weighted by Gasteiger charge is -2.37. The monoisotopic (exact) mass is 401 g/mol. The minimum absolute atomic E-state index is 0.266. The van der Waals surface area contributed by atoms with Crippen molar-refractivity contribution < 1.29 is 14.6 Å². The van der Waals surface area contributed by atoms with Crippen molar-refractivity contribution in [2.45, 2.75) is 84.2 Å². The smallest absolute Gasteiger partial charge is 0.303 e. The molecule has 0 amide bonds. The van der Waals surface area contributed by atoms with E-state index in [1.165, 1.54) is 31.2 Å². The van der Waals surface area contributed by atoms with Crippen LogP contribution in [0.15, 0.2) is 24.3 Å². The molecule has 1 saturated heterocycles. The third-order valence-corrected chi connectivity index (χ3v) is 6.90. The fraction of sp³-hybridized carbons (Fsp3) is 0.720. The van der Waals surface area contributed by atoms with Gasteiger partial charge in [-0.05, 0) is 93.0 Å². The SMILES string of the molecule is CC(C)(C)C1CCC(Oc2cccc(C3CCCN(CCCC(=O)O)C3)c2)CC1. The molecule has 1 saturated carbocycles. The summed E-state index contributed by atoms with van der Waals surface area (Å²) in [6.07, 6.45) is 8.59. The van der Waals surface area contributed by atoms with Crippen LogP contribution in [-0.2, 0) is 4.79 Å². The van der Waals surface area contributed by atoms with E-state index in [1.807, 2.05) is 0 Å². The van der Waals surface area contributed by atoms with E-state index < -0.39 is 5.97 Å². The Hall–Kier alpha value is -1.55. The summed E-state index contributed by atoms with van der Waals surface area (Å²) >= 11 is 0. The summed E-state index contributed by atoms with van der Waals surface area (Å²) in [4.78, 5) is 13.2. The number of carboxylic acid groups (broad SMARTS) is 1. The highest BCUT2D eigenvalue weighted by Gasteiger charge is 2.30. The highest BCUT2D eigenvalue weighted by molar-refractivity contribution is 5.66. The molecule has 0 bridgehead atoms. The Balaban J connectivity index is 1.52. The summed E-state index contributed by atoms with van der Waals surface area (Å²) in [5, 5.41) is 8.86. The van der Waals surface area contributed by atoms with Crippen LogP contribution < -0.4 is 4.74 Å². The number of ether oxygens (including phenoxy) is 1. The quantitative estimate of drug-likeness (QED) is 0.635. The highest BCUT2D eigenvalue weighted by atomic mass is 16.5. The average Bonchev–Trinajstić information content (AvgIpc) is 2.68. The van der Waals surface area contributed by atoms with Gasteiger partial charge in [-0.1, -0.05) is 32.9 Å². The molecule has 0 radical (unpaired) electrons. The molecule has 4 heteroatoms. The largest absolute Gasteiger partial charge is 0.490 e. The molecule has 3 rings (SSSR count). The van der Waals surface area contributed by atoms with Gasteiger partial charge in [0, 0.05) is 13.0 Å². The van der Waals surface area contributed by atoms with Crippen LogP contribution in [0.3, 0.4) is 0 Å². The van der Waals surface area contributed by atoms with E-state index in [1.54, 1.807) is 0 Å². The number of rotatable bonds is 7. The number of hydrogen-bond donors (Lipinski definition) is 1. The lowest BCUT2D eigenvalue weighted by molar-refractivity contribution is -0.137. The third-order valence-electron chi connectivity index (χ3n) is 6.90. The van der Waals surface area contributed by atoms with Crippen LogP contribution in [0.25, 0.3) is 0 Å². The van der Waals surface area contributed by atoms with Crippen molar-refractivity contribution in [2.24, 2.45) is 11.3 Å². The summed E-state index contributed by atoms with van der Waals surface area (Å²) in [6, 6.07) is 8.72. The van der Waals surface area contributed by atoms with Crippen LogP contribution in [0.2, 0.25) is 0 Å². The lowest BCUT2D eigenvalue weighted by atomic mass is 9.72. The van der Waals surface area contributed by atoms with Crippen molar-refractivity contribution in [3.8, 4) is 5.75 Å². The molecule has 162 valence electrons. The third kappa shape index (κ3) is 6.74. The van der Waals surface area contributed by atoms with E-state index in [2.05, 4.69) is 49.9 Å². The van der Waals surface area contributed by atoms with Crippen LogP contribution in [0.1, 0.15) is 83.6 Å². The van der Waals surface area contributed by atoms with E-state index in [-0.39, 0.29) is 6.42 Å². The summed E-state index contributed by atoms with van der Waals surface area (Å²) in [5.41, 5.74) is 1.77. The second-order valence-electron chi connectivity index (χ2n) is 10.2. The maximum absolute atomic E-state index is 10.8. The van der Waals surface area contributed by atoms with E-state index >= 15 is 0 Å². The van der Waals surface area contributed by atoms with Crippen LogP contribution in [0.4, 0.5) is 0 Å². The van der Waals surface area contributed by atoms with E-state index in [9.17, 15) is 4.79 Å². The Labute approximate surface area is 176 Å². The molecule has 1 unspecified atom stereocenters. The van der Waals surface area contributed by atoms with Crippen molar-refractivity contribution in [1.29, 1.82) is 0 Å². The number of carbonyl (C=O) groups is 1. The van der Waals surface area contributed by atoms with Crippen molar-refractivity contribution in [1.82, 2.24) is 4.90 Å². The van der Waals surface area contributed by atoms with Crippen LogP contribution in [0, 0.1) is 11.3 Å². The molecule has 0 spiro atoms. The normalized spacial score (nSPS) is 26.2. The van der Waals surface area contributed by atoms with Crippen LogP contribution >= 0.6 is 0 Å². The molecule has 1 aromatic carbocycles. The Morgan fingerprint density at radius 1 is 1.17 bits per heavy atom. The van der Waals surface area contributed by atoms with Gasteiger partial charge in [-0.25, -0.2) is 0 Å². The molecule has 29 heavy (non-hydrogen) atoms. The van der Waals surface area contributed by atoms with Crippen molar-refractivity contribution in [3.63, 3.8) is 0 Å². The first-order chi connectivity index (χ1) is 13.8. The maximum atomic E-state index is 10.8. The molecular weight excluding hydrogens is 362 g/mol. The number of likely N-dealkylation sites (tertiary alicyclic amines) is 1. The second-order valence-corrected chi connectivity index (χ2v) is 10.2. The molecule has 1 aliphatic heterocycles. The maximum Gasteiger partial charge on any atom is 0.303 e. The zero-order chi connectivity index (χ0) is 20.9.